The van der Waals surface area contributed by atoms with Crippen molar-refractivity contribution in [3.63, 3.8) is 0 Å². The van der Waals surface area contributed by atoms with Gasteiger partial charge in [0.15, 0.2) is 5.75 Å². The number of methoxy groups -OCH3 is 1. The maximum Gasteiger partial charge on any atom is 0.238 e. The third-order valence-corrected chi connectivity index (χ3v) is 6.20. The minimum absolute atomic E-state index is 0.116. The van der Waals surface area contributed by atoms with Crippen LogP contribution in [0.3, 0.4) is 0 Å². The van der Waals surface area contributed by atoms with Gasteiger partial charge in [0, 0.05) is 30.4 Å². The number of carbonyl (C=O) groups is 1. The molecule has 0 saturated carbocycles. The predicted molar refractivity (Wildman–Crippen MR) is 128 cm³/mol. The van der Waals surface area contributed by atoms with Gasteiger partial charge in [0.1, 0.15) is 5.75 Å². The van der Waals surface area contributed by atoms with Gasteiger partial charge in [0.2, 0.25) is 21.8 Å². The number of nitrogens with one attached hydrogen (secondary N) is 2. The van der Waals surface area contributed by atoms with Gasteiger partial charge in [-0.2, -0.15) is 0 Å². The molecule has 1 aromatic carbocycles. The molecule has 1 aliphatic heterocycles. The second-order valence-electron chi connectivity index (χ2n) is 8.12. The molecule has 1 fully saturated rings. The van der Waals surface area contributed by atoms with E-state index in [9.17, 15) is 13.2 Å². The first-order chi connectivity index (χ1) is 15.4. The quantitative estimate of drug-likeness (QED) is 0.524. The average Bonchev–Trinajstić information content (AvgIpc) is 2.68. The monoisotopic (exact) mass is 516 g/mol. The number of nitrogens with zero attached hydrogens (tertiary/aromatic N) is 2. The zero-order valence-electron chi connectivity index (χ0n) is 18.7. The summed E-state index contributed by atoms with van der Waals surface area (Å²) < 4.78 is 36.1. The first-order valence-electron chi connectivity index (χ1n) is 10.2. The molecule has 1 aliphatic rings. The Kier molecular flexibility index (Phi) is 8.07. The van der Waals surface area contributed by atoms with Crippen molar-refractivity contribution in [2.45, 2.75) is 25.8 Å². The Morgan fingerprint density at radius 1 is 1.24 bits per heavy atom. The van der Waals surface area contributed by atoms with Gasteiger partial charge in [0.05, 0.1) is 36.2 Å². The second-order valence-corrected chi connectivity index (χ2v) is 10.7. The van der Waals surface area contributed by atoms with E-state index in [1.165, 1.54) is 6.20 Å². The summed E-state index contributed by atoms with van der Waals surface area (Å²) >= 11 is 12.7. The number of pyridine rings is 1. The van der Waals surface area contributed by atoms with E-state index in [-0.39, 0.29) is 40.2 Å². The SMILES string of the molecule is COc1ncc(Oc2c(Cl)cc(NC(=O)CN3CC(NS(C)(=O)=O)C3)cc2Cl)cc1C(C)C. The Balaban J connectivity index is 1.62. The van der Waals surface area contributed by atoms with Gasteiger partial charge in [-0.15, -0.1) is 0 Å². The summed E-state index contributed by atoms with van der Waals surface area (Å²) in [7, 11) is -1.70. The summed E-state index contributed by atoms with van der Waals surface area (Å²) in [4.78, 5) is 18.4. The van der Waals surface area contributed by atoms with Crippen molar-refractivity contribution in [1.29, 1.82) is 0 Å². The van der Waals surface area contributed by atoms with Crippen molar-refractivity contribution >= 4 is 44.8 Å². The zero-order chi connectivity index (χ0) is 24.3. The summed E-state index contributed by atoms with van der Waals surface area (Å²) in [5, 5.41) is 3.19. The number of rotatable bonds is 9. The van der Waals surface area contributed by atoms with E-state index in [4.69, 9.17) is 32.7 Å². The Morgan fingerprint density at radius 2 is 1.88 bits per heavy atom. The normalized spacial score (nSPS) is 14.8. The van der Waals surface area contributed by atoms with Crippen LogP contribution in [-0.2, 0) is 14.8 Å². The number of sulfonamides is 1. The Labute approximate surface area is 203 Å². The summed E-state index contributed by atoms with van der Waals surface area (Å²) in [6, 6.07) is 4.73. The number of aromatic nitrogens is 1. The van der Waals surface area contributed by atoms with Gasteiger partial charge < -0.3 is 14.8 Å². The van der Waals surface area contributed by atoms with Crippen LogP contribution in [0.25, 0.3) is 0 Å². The van der Waals surface area contributed by atoms with Crippen LogP contribution in [0, 0.1) is 0 Å². The fourth-order valence-electron chi connectivity index (χ4n) is 3.42. The topological polar surface area (TPSA) is 110 Å². The lowest BCUT2D eigenvalue weighted by Gasteiger charge is -2.38. The van der Waals surface area contributed by atoms with E-state index in [1.807, 2.05) is 24.8 Å². The number of amides is 1. The van der Waals surface area contributed by atoms with Crippen LogP contribution in [0.2, 0.25) is 10.0 Å². The van der Waals surface area contributed by atoms with E-state index in [1.54, 1.807) is 19.2 Å². The highest BCUT2D eigenvalue weighted by atomic mass is 35.5. The standard InChI is InChI=1S/C21H26Cl2N4O5S/c1-12(2)16-7-15(8-24-21(16)31-3)32-20-17(22)5-13(6-18(20)23)25-19(28)11-27-9-14(10-27)26-33(4,29)30/h5-8,12,14,26H,9-11H2,1-4H3,(H,25,28). The number of anilines is 1. The van der Waals surface area contributed by atoms with Crippen molar-refractivity contribution in [1.82, 2.24) is 14.6 Å². The van der Waals surface area contributed by atoms with E-state index < -0.39 is 10.0 Å². The Bertz CT molecular complexity index is 1110. The van der Waals surface area contributed by atoms with Crippen LogP contribution < -0.4 is 19.5 Å². The first-order valence-corrected chi connectivity index (χ1v) is 12.8. The molecule has 33 heavy (non-hydrogen) atoms. The molecule has 0 aliphatic carbocycles. The van der Waals surface area contributed by atoms with Crippen LogP contribution in [0.15, 0.2) is 24.4 Å². The fraction of sp³-hybridized carbons (Fsp3) is 0.429. The number of hydrogen-bond donors (Lipinski definition) is 2. The average molecular weight is 517 g/mol. The first kappa shape index (κ1) is 25.5. The van der Waals surface area contributed by atoms with E-state index >= 15 is 0 Å². The number of benzene rings is 1. The molecule has 0 radical (unpaired) electrons. The molecule has 0 unspecified atom stereocenters. The van der Waals surface area contributed by atoms with Crippen molar-refractivity contribution < 1.29 is 22.7 Å². The number of likely N-dealkylation sites (tertiary alicyclic amines) is 1. The molecule has 180 valence electrons. The summed E-state index contributed by atoms with van der Waals surface area (Å²) in [6.45, 7) is 5.07. The lowest BCUT2D eigenvalue weighted by Crippen LogP contribution is -2.60. The number of carbonyl (C=O) groups excluding carboxylic acids is 1. The number of hydrogen-bond acceptors (Lipinski definition) is 7. The largest absolute Gasteiger partial charge is 0.481 e. The summed E-state index contributed by atoms with van der Waals surface area (Å²) in [5.74, 6) is 1.12. The number of ether oxygens (including phenoxy) is 2. The number of halogens is 2. The van der Waals surface area contributed by atoms with Gasteiger partial charge in [-0.25, -0.2) is 18.1 Å². The highest BCUT2D eigenvalue weighted by Gasteiger charge is 2.30. The molecule has 1 aromatic heterocycles. The van der Waals surface area contributed by atoms with Crippen molar-refractivity contribution in [2.75, 3.05) is 38.3 Å². The van der Waals surface area contributed by atoms with Crippen molar-refractivity contribution in [3.8, 4) is 17.4 Å². The molecule has 1 amide bonds. The highest BCUT2D eigenvalue weighted by molar-refractivity contribution is 7.88. The molecule has 3 rings (SSSR count). The van der Waals surface area contributed by atoms with Crippen LogP contribution in [0.5, 0.6) is 17.4 Å². The molecule has 2 aromatic rings. The minimum Gasteiger partial charge on any atom is -0.481 e. The molecular formula is C21H26Cl2N4O5S. The maximum atomic E-state index is 12.3. The molecule has 12 heteroatoms. The van der Waals surface area contributed by atoms with Crippen LogP contribution >= 0.6 is 23.2 Å². The summed E-state index contributed by atoms with van der Waals surface area (Å²) in [5.41, 5.74) is 1.30. The molecule has 2 N–H and O–H groups in total. The Morgan fingerprint density at radius 3 is 2.42 bits per heavy atom. The van der Waals surface area contributed by atoms with E-state index in [2.05, 4.69) is 15.0 Å². The predicted octanol–water partition coefficient (Wildman–Crippen LogP) is 3.48. The molecule has 0 spiro atoms. The zero-order valence-corrected chi connectivity index (χ0v) is 21.0. The molecule has 0 atom stereocenters. The molecule has 2 heterocycles. The van der Waals surface area contributed by atoms with Gasteiger partial charge in [-0.05, 0) is 24.1 Å². The molecule has 0 bridgehead atoms. The van der Waals surface area contributed by atoms with Gasteiger partial charge in [-0.3, -0.25) is 9.69 Å². The molecular weight excluding hydrogens is 491 g/mol. The molecule has 9 nitrogen and oxygen atoms in total. The van der Waals surface area contributed by atoms with Gasteiger partial charge in [0.25, 0.3) is 0 Å². The lowest BCUT2D eigenvalue weighted by molar-refractivity contribution is -0.118. The third-order valence-electron chi connectivity index (χ3n) is 4.88. The van der Waals surface area contributed by atoms with Crippen molar-refractivity contribution in [2.24, 2.45) is 0 Å². The lowest BCUT2D eigenvalue weighted by atomic mass is 10.1. The highest BCUT2D eigenvalue weighted by Crippen LogP contribution is 2.40. The van der Waals surface area contributed by atoms with Crippen LogP contribution in [0.1, 0.15) is 25.3 Å². The van der Waals surface area contributed by atoms with Crippen LogP contribution in [0.4, 0.5) is 5.69 Å². The van der Waals surface area contributed by atoms with E-state index in [0.717, 1.165) is 11.8 Å². The van der Waals surface area contributed by atoms with Gasteiger partial charge in [-0.1, -0.05) is 37.0 Å². The minimum atomic E-state index is -3.26. The van der Waals surface area contributed by atoms with Crippen LogP contribution in [-0.4, -0.2) is 63.3 Å². The van der Waals surface area contributed by atoms with Gasteiger partial charge >= 0.3 is 0 Å². The third kappa shape index (κ3) is 6.94. The Hall–Kier alpha value is -2.11. The van der Waals surface area contributed by atoms with Crippen molar-refractivity contribution in [3.05, 3.63) is 40.0 Å². The fourth-order valence-corrected chi connectivity index (χ4v) is 4.74. The smallest absolute Gasteiger partial charge is 0.238 e. The second kappa shape index (κ2) is 10.4. The molecule has 1 saturated heterocycles. The summed E-state index contributed by atoms with van der Waals surface area (Å²) in [6.07, 6.45) is 2.63. The van der Waals surface area contributed by atoms with E-state index in [0.29, 0.717) is 30.4 Å². The maximum absolute atomic E-state index is 12.3.